The summed E-state index contributed by atoms with van der Waals surface area (Å²) in [6.07, 6.45) is -2.29. The predicted octanol–water partition coefficient (Wildman–Crippen LogP) is 3.76. The van der Waals surface area contributed by atoms with Crippen molar-refractivity contribution in [1.29, 1.82) is 0 Å². The van der Waals surface area contributed by atoms with Gasteiger partial charge in [0.15, 0.2) is 12.2 Å². The number of carbonyl (C=O) groups excluding carboxylic acids is 2. The lowest BCUT2D eigenvalue weighted by Crippen LogP contribution is -2.35. The number of para-hydroxylation sites is 2. The number of hydrogen-bond acceptors (Lipinski definition) is 5. The van der Waals surface area contributed by atoms with Crippen LogP contribution in [0.1, 0.15) is 13.8 Å². The fraction of sp³-hybridized carbons (Fsp3) is 0.263. The minimum Gasteiger partial charge on any atom is -0.479 e. The van der Waals surface area contributed by atoms with Crippen molar-refractivity contribution in [1.82, 2.24) is 0 Å². The number of benzene rings is 2. The maximum absolute atomic E-state index is 12.9. The molecular weight excluding hydrogens is 379 g/mol. The fourth-order valence-corrected chi connectivity index (χ4v) is 2.09. The molecule has 2 aromatic rings. The van der Waals surface area contributed by atoms with Crippen LogP contribution in [0.4, 0.5) is 18.9 Å². The first-order valence-electron chi connectivity index (χ1n) is 8.23. The van der Waals surface area contributed by atoms with Gasteiger partial charge in [-0.1, -0.05) is 12.1 Å². The molecule has 2 aromatic carbocycles. The summed E-state index contributed by atoms with van der Waals surface area (Å²) in [5.41, 5.74) is 0.00584. The van der Waals surface area contributed by atoms with Crippen LogP contribution < -0.4 is 14.8 Å². The van der Waals surface area contributed by atoms with Crippen LogP contribution >= 0.6 is 0 Å². The lowest BCUT2D eigenvalue weighted by molar-refractivity contribution is -0.159. The molecule has 0 saturated heterocycles. The van der Waals surface area contributed by atoms with E-state index in [1.807, 2.05) is 0 Å². The number of alkyl halides is 2. The minimum atomic E-state index is -3.06. The van der Waals surface area contributed by atoms with Crippen molar-refractivity contribution in [3.8, 4) is 11.5 Å². The molecule has 28 heavy (non-hydrogen) atoms. The van der Waals surface area contributed by atoms with Gasteiger partial charge in [-0.15, -0.1) is 0 Å². The Morgan fingerprint density at radius 1 is 0.929 bits per heavy atom. The third kappa shape index (κ3) is 6.19. The fourth-order valence-electron chi connectivity index (χ4n) is 2.09. The molecular formula is C19H18F3NO5. The summed E-state index contributed by atoms with van der Waals surface area (Å²) in [5.74, 6) is -2.00. The summed E-state index contributed by atoms with van der Waals surface area (Å²) in [6, 6.07) is 10.6. The van der Waals surface area contributed by atoms with E-state index in [0.717, 1.165) is 0 Å². The molecule has 0 bridgehead atoms. The Balaban J connectivity index is 1.92. The Hall–Kier alpha value is -3.23. The zero-order valence-electron chi connectivity index (χ0n) is 15.0. The number of hydrogen-bond donors (Lipinski definition) is 1. The summed E-state index contributed by atoms with van der Waals surface area (Å²) in [5, 5.41) is 2.36. The first-order valence-corrected chi connectivity index (χ1v) is 8.23. The molecule has 0 radical (unpaired) electrons. The second-order valence-corrected chi connectivity index (χ2v) is 5.66. The first kappa shape index (κ1) is 21.1. The van der Waals surface area contributed by atoms with Crippen molar-refractivity contribution in [2.24, 2.45) is 0 Å². The van der Waals surface area contributed by atoms with Gasteiger partial charge in [0.25, 0.3) is 5.91 Å². The zero-order valence-corrected chi connectivity index (χ0v) is 15.0. The Morgan fingerprint density at radius 2 is 1.57 bits per heavy atom. The largest absolute Gasteiger partial charge is 0.479 e. The van der Waals surface area contributed by atoms with Crippen LogP contribution in [0.5, 0.6) is 11.5 Å². The van der Waals surface area contributed by atoms with Crippen LogP contribution in [-0.4, -0.2) is 30.7 Å². The second-order valence-electron chi connectivity index (χ2n) is 5.66. The van der Waals surface area contributed by atoms with E-state index < -0.39 is 36.5 Å². The van der Waals surface area contributed by atoms with Gasteiger partial charge in [0.05, 0.1) is 5.69 Å². The van der Waals surface area contributed by atoms with E-state index in [1.165, 1.54) is 62.4 Å². The molecule has 6 nitrogen and oxygen atoms in total. The monoisotopic (exact) mass is 397 g/mol. The average molecular weight is 397 g/mol. The lowest BCUT2D eigenvalue weighted by Gasteiger charge is -2.18. The van der Waals surface area contributed by atoms with Gasteiger partial charge in [0.2, 0.25) is 0 Å². The first-order chi connectivity index (χ1) is 13.3. The highest BCUT2D eigenvalue weighted by Crippen LogP contribution is 2.25. The van der Waals surface area contributed by atoms with Crippen molar-refractivity contribution in [3.05, 3.63) is 54.3 Å². The summed E-state index contributed by atoms with van der Waals surface area (Å²) < 4.78 is 52.4. The number of anilines is 1. The average Bonchev–Trinajstić information content (AvgIpc) is 2.64. The summed E-state index contributed by atoms with van der Waals surface area (Å²) in [7, 11) is 0. The van der Waals surface area contributed by atoms with E-state index in [0.29, 0.717) is 0 Å². The minimum absolute atomic E-state index is 0.00584. The van der Waals surface area contributed by atoms with Crippen molar-refractivity contribution in [3.63, 3.8) is 0 Å². The standard InChI is InChI=1S/C19H18F3NO5/c1-11(17(24)23-15-5-3-4-6-16(15)28-19(21)22)27-18(25)12(2)26-14-9-7-13(20)8-10-14/h3-12,19H,1-2H3,(H,23,24)/t11-,12-/m1/s1. The molecule has 0 unspecified atom stereocenters. The van der Waals surface area contributed by atoms with E-state index in [2.05, 4.69) is 10.1 Å². The summed E-state index contributed by atoms with van der Waals surface area (Å²) in [4.78, 5) is 24.3. The molecule has 2 atom stereocenters. The van der Waals surface area contributed by atoms with E-state index in [-0.39, 0.29) is 17.2 Å². The normalized spacial score (nSPS) is 12.8. The molecule has 0 saturated carbocycles. The Bertz CT molecular complexity index is 813. The number of halogens is 3. The predicted molar refractivity (Wildman–Crippen MR) is 93.7 cm³/mol. The molecule has 0 fully saturated rings. The van der Waals surface area contributed by atoms with E-state index in [4.69, 9.17) is 9.47 Å². The van der Waals surface area contributed by atoms with Gasteiger partial charge >= 0.3 is 12.6 Å². The molecule has 9 heteroatoms. The highest BCUT2D eigenvalue weighted by Gasteiger charge is 2.24. The van der Waals surface area contributed by atoms with Gasteiger partial charge in [-0.2, -0.15) is 8.78 Å². The van der Waals surface area contributed by atoms with Crippen molar-refractivity contribution in [2.75, 3.05) is 5.32 Å². The molecule has 0 aliphatic rings. The smallest absolute Gasteiger partial charge is 0.387 e. The number of carbonyl (C=O) groups is 2. The number of esters is 1. The second kappa shape index (κ2) is 9.63. The molecule has 0 heterocycles. The highest BCUT2D eigenvalue weighted by atomic mass is 19.3. The number of nitrogens with one attached hydrogen (secondary N) is 1. The van der Waals surface area contributed by atoms with Gasteiger partial charge in [-0.3, -0.25) is 4.79 Å². The summed E-state index contributed by atoms with van der Waals surface area (Å²) >= 11 is 0. The van der Waals surface area contributed by atoms with Crippen LogP contribution in [-0.2, 0) is 14.3 Å². The van der Waals surface area contributed by atoms with Crippen LogP contribution in [0, 0.1) is 5.82 Å². The van der Waals surface area contributed by atoms with Gasteiger partial charge in [-0.05, 0) is 50.2 Å². The molecule has 0 aliphatic heterocycles. The van der Waals surface area contributed by atoms with Gasteiger partial charge in [0.1, 0.15) is 17.3 Å². The van der Waals surface area contributed by atoms with Crippen LogP contribution in [0.3, 0.4) is 0 Å². The molecule has 0 aliphatic carbocycles. The Kier molecular flexibility index (Phi) is 7.25. The maximum Gasteiger partial charge on any atom is 0.387 e. The number of amides is 1. The quantitative estimate of drug-likeness (QED) is 0.687. The molecule has 0 aromatic heterocycles. The van der Waals surface area contributed by atoms with Gasteiger partial charge in [-0.25, -0.2) is 9.18 Å². The topological polar surface area (TPSA) is 73.9 Å². The van der Waals surface area contributed by atoms with Gasteiger partial charge < -0.3 is 19.5 Å². The van der Waals surface area contributed by atoms with Gasteiger partial charge in [0, 0.05) is 0 Å². The third-order valence-corrected chi connectivity index (χ3v) is 3.48. The number of rotatable bonds is 8. The van der Waals surface area contributed by atoms with E-state index in [1.54, 1.807) is 0 Å². The molecule has 2 rings (SSSR count). The maximum atomic E-state index is 12.9. The molecule has 1 N–H and O–H groups in total. The van der Waals surface area contributed by atoms with Crippen molar-refractivity contribution < 1.29 is 37.0 Å². The lowest BCUT2D eigenvalue weighted by atomic mass is 10.2. The van der Waals surface area contributed by atoms with E-state index >= 15 is 0 Å². The Morgan fingerprint density at radius 3 is 2.21 bits per heavy atom. The number of ether oxygens (including phenoxy) is 3. The molecule has 150 valence electrons. The van der Waals surface area contributed by atoms with E-state index in [9.17, 15) is 22.8 Å². The Labute approximate surface area is 159 Å². The highest BCUT2D eigenvalue weighted by molar-refractivity contribution is 5.96. The zero-order chi connectivity index (χ0) is 20.7. The van der Waals surface area contributed by atoms with Crippen molar-refractivity contribution in [2.45, 2.75) is 32.7 Å². The molecule has 0 spiro atoms. The third-order valence-electron chi connectivity index (χ3n) is 3.48. The van der Waals surface area contributed by atoms with Crippen LogP contribution in [0.15, 0.2) is 48.5 Å². The molecule has 1 amide bonds. The van der Waals surface area contributed by atoms with Crippen molar-refractivity contribution >= 4 is 17.6 Å². The van der Waals surface area contributed by atoms with Crippen LogP contribution in [0.2, 0.25) is 0 Å². The SMILES string of the molecule is C[C@@H](OC(=O)[C@@H](C)Oc1ccc(F)cc1)C(=O)Nc1ccccc1OC(F)F. The summed E-state index contributed by atoms with van der Waals surface area (Å²) in [6.45, 7) is -0.339. The van der Waals surface area contributed by atoms with Crippen LogP contribution in [0.25, 0.3) is 0 Å².